The molecule has 2 aliphatic rings. The third kappa shape index (κ3) is 1.22. The van der Waals surface area contributed by atoms with E-state index in [1.165, 1.54) is 12.8 Å². The van der Waals surface area contributed by atoms with E-state index in [2.05, 4.69) is 10.3 Å². The second-order valence-electron chi connectivity index (χ2n) is 3.63. The highest BCUT2D eigenvalue weighted by Crippen LogP contribution is 2.31. The third-order valence-electron chi connectivity index (χ3n) is 2.36. The van der Waals surface area contributed by atoms with Crippen molar-refractivity contribution in [2.24, 2.45) is 5.92 Å². The molecule has 1 aliphatic carbocycles. The minimum atomic E-state index is 0.248. The summed E-state index contributed by atoms with van der Waals surface area (Å²) in [4.78, 5) is 0. The lowest BCUT2D eigenvalue weighted by Crippen LogP contribution is -1.99. The Morgan fingerprint density at radius 1 is 1.58 bits per heavy atom. The predicted octanol–water partition coefficient (Wildman–Crippen LogP) is 0.759. The lowest BCUT2D eigenvalue weighted by Gasteiger charge is -1.93. The SMILES string of the molecule is c1c(C2CO2)nnn1CC1CC1. The number of epoxide rings is 1. The molecule has 0 aromatic carbocycles. The first-order valence-corrected chi connectivity index (χ1v) is 4.43. The molecule has 64 valence electrons. The average Bonchev–Trinajstić information content (AvgIpc) is 2.92. The van der Waals surface area contributed by atoms with E-state index in [1.807, 2.05) is 10.9 Å². The summed E-state index contributed by atoms with van der Waals surface area (Å²) < 4.78 is 7.05. The van der Waals surface area contributed by atoms with Gasteiger partial charge < -0.3 is 4.74 Å². The Bertz CT molecular complexity index is 288. The van der Waals surface area contributed by atoms with Gasteiger partial charge in [0.1, 0.15) is 11.8 Å². The van der Waals surface area contributed by atoms with Gasteiger partial charge in [-0.3, -0.25) is 4.68 Å². The first-order valence-electron chi connectivity index (χ1n) is 4.43. The van der Waals surface area contributed by atoms with Gasteiger partial charge in [0.05, 0.1) is 12.8 Å². The van der Waals surface area contributed by atoms with Gasteiger partial charge in [0, 0.05) is 6.54 Å². The van der Waals surface area contributed by atoms with Crippen molar-refractivity contribution < 1.29 is 4.74 Å². The molecule has 4 heteroatoms. The number of nitrogens with zero attached hydrogens (tertiary/aromatic N) is 3. The van der Waals surface area contributed by atoms with E-state index in [1.54, 1.807) is 0 Å². The summed E-state index contributed by atoms with van der Waals surface area (Å²) in [5.74, 6) is 0.861. The molecular formula is C8H11N3O. The van der Waals surface area contributed by atoms with E-state index in [0.29, 0.717) is 0 Å². The van der Waals surface area contributed by atoms with Gasteiger partial charge in [-0.1, -0.05) is 5.21 Å². The highest BCUT2D eigenvalue weighted by Gasteiger charge is 2.29. The molecule has 0 N–H and O–H groups in total. The second kappa shape index (κ2) is 2.29. The molecule has 1 atom stereocenters. The molecule has 0 radical (unpaired) electrons. The van der Waals surface area contributed by atoms with Crippen LogP contribution in [-0.4, -0.2) is 21.6 Å². The van der Waals surface area contributed by atoms with Crippen molar-refractivity contribution in [1.29, 1.82) is 0 Å². The highest BCUT2D eigenvalue weighted by molar-refractivity contribution is 5.03. The minimum absolute atomic E-state index is 0.248. The van der Waals surface area contributed by atoms with Crippen LogP contribution in [0.3, 0.4) is 0 Å². The Morgan fingerprint density at radius 3 is 3.08 bits per heavy atom. The van der Waals surface area contributed by atoms with Gasteiger partial charge in [-0.15, -0.1) is 5.10 Å². The maximum atomic E-state index is 5.11. The van der Waals surface area contributed by atoms with Crippen molar-refractivity contribution in [2.45, 2.75) is 25.5 Å². The van der Waals surface area contributed by atoms with Gasteiger partial charge >= 0.3 is 0 Å². The standard InChI is InChI=1S/C8H11N3O/c1-2-6(1)3-11-4-7(9-10-11)8-5-12-8/h4,6,8H,1-3,5H2. The van der Waals surface area contributed by atoms with Crippen molar-refractivity contribution in [3.05, 3.63) is 11.9 Å². The molecule has 2 fully saturated rings. The molecule has 12 heavy (non-hydrogen) atoms. The lowest BCUT2D eigenvalue weighted by molar-refractivity contribution is 0.411. The quantitative estimate of drug-likeness (QED) is 0.621. The Morgan fingerprint density at radius 2 is 2.42 bits per heavy atom. The maximum absolute atomic E-state index is 5.11. The van der Waals surface area contributed by atoms with Crippen LogP contribution >= 0.6 is 0 Å². The fourth-order valence-electron chi connectivity index (χ4n) is 1.33. The Kier molecular flexibility index (Phi) is 1.26. The summed E-state index contributed by atoms with van der Waals surface area (Å²) in [5.41, 5.74) is 0.996. The molecule has 4 nitrogen and oxygen atoms in total. The number of ether oxygens (including phenoxy) is 1. The first kappa shape index (κ1) is 6.60. The van der Waals surface area contributed by atoms with Gasteiger partial charge in [0.25, 0.3) is 0 Å². The summed E-state index contributed by atoms with van der Waals surface area (Å²) in [5, 5.41) is 8.09. The summed E-state index contributed by atoms with van der Waals surface area (Å²) in [6, 6.07) is 0. The van der Waals surface area contributed by atoms with E-state index in [4.69, 9.17) is 4.74 Å². The molecule has 3 rings (SSSR count). The number of hydrogen-bond donors (Lipinski definition) is 0. The zero-order valence-corrected chi connectivity index (χ0v) is 6.81. The summed E-state index contributed by atoms with van der Waals surface area (Å²) >= 11 is 0. The van der Waals surface area contributed by atoms with Crippen molar-refractivity contribution >= 4 is 0 Å². The van der Waals surface area contributed by atoms with Crippen LogP contribution in [0.15, 0.2) is 6.20 Å². The van der Waals surface area contributed by atoms with Crippen molar-refractivity contribution in [1.82, 2.24) is 15.0 Å². The average molecular weight is 165 g/mol. The monoisotopic (exact) mass is 165 g/mol. The Hall–Kier alpha value is -0.900. The zero-order valence-electron chi connectivity index (χ0n) is 6.81. The van der Waals surface area contributed by atoms with Crippen molar-refractivity contribution in [3.8, 4) is 0 Å². The molecule has 1 aromatic rings. The van der Waals surface area contributed by atoms with Gasteiger partial charge in [-0.25, -0.2) is 0 Å². The van der Waals surface area contributed by atoms with E-state index < -0.39 is 0 Å². The highest BCUT2D eigenvalue weighted by atomic mass is 16.6. The van der Waals surface area contributed by atoms with Crippen LogP contribution in [0.5, 0.6) is 0 Å². The summed E-state index contributed by atoms with van der Waals surface area (Å²) in [7, 11) is 0. The van der Waals surface area contributed by atoms with Crippen LogP contribution in [0.4, 0.5) is 0 Å². The van der Waals surface area contributed by atoms with Crippen LogP contribution in [0, 0.1) is 5.92 Å². The Labute approximate surface area is 70.5 Å². The largest absolute Gasteiger partial charge is 0.366 e. The lowest BCUT2D eigenvalue weighted by atomic mass is 10.3. The first-order chi connectivity index (χ1) is 5.92. The summed E-state index contributed by atoms with van der Waals surface area (Å²) in [6.07, 6.45) is 4.97. The molecule has 0 amide bonds. The van der Waals surface area contributed by atoms with Crippen LogP contribution < -0.4 is 0 Å². The van der Waals surface area contributed by atoms with Gasteiger partial charge in [0.15, 0.2) is 0 Å². The molecule has 0 bridgehead atoms. The third-order valence-corrected chi connectivity index (χ3v) is 2.36. The molecule has 1 saturated carbocycles. The number of aromatic nitrogens is 3. The van der Waals surface area contributed by atoms with Crippen LogP contribution in [-0.2, 0) is 11.3 Å². The molecule has 0 spiro atoms. The van der Waals surface area contributed by atoms with E-state index >= 15 is 0 Å². The fraction of sp³-hybridized carbons (Fsp3) is 0.750. The van der Waals surface area contributed by atoms with Crippen LogP contribution in [0.1, 0.15) is 24.6 Å². The van der Waals surface area contributed by atoms with E-state index in [9.17, 15) is 0 Å². The summed E-state index contributed by atoms with van der Waals surface area (Å²) in [6.45, 7) is 1.86. The predicted molar refractivity (Wildman–Crippen MR) is 41.4 cm³/mol. The molecular weight excluding hydrogens is 154 g/mol. The molecule has 1 aromatic heterocycles. The van der Waals surface area contributed by atoms with Crippen LogP contribution in [0.25, 0.3) is 0 Å². The molecule has 2 heterocycles. The van der Waals surface area contributed by atoms with E-state index in [0.717, 1.165) is 24.8 Å². The molecule has 1 saturated heterocycles. The van der Waals surface area contributed by atoms with Crippen molar-refractivity contribution in [3.63, 3.8) is 0 Å². The Balaban J connectivity index is 1.72. The molecule has 1 aliphatic heterocycles. The van der Waals surface area contributed by atoms with Crippen LogP contribution in [0.2, 0.25) is 0 Å². The van der Waals surface area contributed by atoms with Gasteiger partial charge in [0.2, 0.25) is 0 Å². The smallest absolute Gasteiger partial charge is 0.126 e. The number of rotatable bonds is 3. The number of hydrogen-bond acceptors (Lipinski definition) is 3. The normalized spacial score (nSPS) is 27.5. The molecule has 1 unspecified atom stereocenters. The second-order valence-corrected chi connectivity index (χ2v) is 3.63. The topological polar surface area (TPSA) is 43.2 Å². The van der Waals surface area contributed by atoms with Gasteiger partial charge in [-0.2, -0.15) is 0 Å². The van der Waals surface area contributed by atoms with Gasteiger partial charge in [-0.05, 0) is 18.8 Å². The minimum Gasteiger partial charge on any atom is -0.366 e. The zero-order chi connectivity index (χ0) is 7.97. The fourth-order valence-corrected chi connectivity index (χ4v) is 1.33. The van der Waals surface area contributed by atoms with E-state index in [-0.39, 0.29) is 6.10 Å². The van der Waals surface area contributed by atoms with Crippen molar-refractivity contribution in [2.75, 3.05) is 6.61 Å². The maximum Gasteiger partial charge on any atom is 0.126 e.